The number of carbonyl (C=O) groups excluding carboxylic acids is 1. The third-order valence-electron chi connectivity index (χ3n) is 2.69. The molecule has 0 saturated carbocycles. The van der Waals surface area contributed by atoms with Crippen molar-refractivity contribution in [3.63, 3.8) is 0 Å². The molecule has 1 heterocycles. The van der Waals surface area contributed by atoms with E-state index in [-0.39, 0.29) is 18.1 Å². The average molecular weight is 235 g/mol. The average Bonchev–Trinajstić information content (AvgIpc) is 2.57. The summed E-state index contributed by atoms with van der Waals surface area (Å²) in [7, 11) is 0. The highest BCUT2D eigenvalue weighted by Crippen LogP contribution is 2.26. The quantitative estimate of drug-likeness (QED) is 0.888. The first-order valence-corrected chi connectivity index (χ1v) is 5.56. The van der Waals surface area contributed by atoms with Gasteiger partial charge in [0.2, 0.25) is 5.91 Å². The molecule has 0 fully saturated rings. The van der Waals surface area contributed by atoms with E-state index < -0.39 is 0 Å². The molecule has 0 unspecified atom stereocenters. The molecule has 90 valence electrons. The Labute approximate surface area is 98.6 Å². The molecule has 0 saturated heterocycles. The number of likely N-dealkylation sites (N-methyl/N-ethyl adjacent to an activating group) is 1. The maximum atomic E-state index is 13.1. The van der Waals surface area contributed by atoms with Gasteiger partial charge in [-0.1, -0.05) is 0 Å². The van der Waals surface area contributed by atoms with Gasteiger partial charge in [-0.05, 0) is 37.6 Å². The van der Waals surface area contributed by atoms with Gasteiger partial charge in [-0.15, -0.1) is 0 Å². The van der Waals surface area contributed by atoms with E-state index in [2.05, 4.69) is 5.32 Å². The summed E-state index contributed by atoms with van der Waals surface area (Å²) in [6.07, 6.45) is 0.190. The summed E-state index contributed by atoms with van der Waals surface area (Å²) in [5.74, 6) is 0.206. The molecule has 1 aromatic heterocycles. The van der Waals surface area contributed by atoms with Crippen LogP contribution in [-0.4, -0.2) is 12.5 Å². The Morgan fingerprint density at radius 2 is 2.24 bits per heavy atom. The predicted molar refractivity (Wildman–Crippen MR) is 63.3 cm³/mol. The van der Waals surface area contributed by atoms with E-state index in [0.717, 1.165) is 10.9 Å². The number of rotatable bonds is 3. The Hall–Kier alpha value is -1.84. The van der Waals surface area contributed by atoms with Gasteiger partial charge in [0.15, 0.2) is 0 Å². The third kappa shape index (κ3) is 2.30. The molecule has 2 rings (SSSR count). The summed E-state index contributed by atoms with van der Waals surface area (Å²) in [5, 5.41) is 3.43. The number of furan rings is 1. The second kappa shape index (κ2) is 4.57. The fraction of sp³-hybridized carbons (Fsp3) is 0.308. The maximum absolute atomic E-state index is 13.1. The number of hydrogen-bond donors (Lipinski definition) is 1. The summed E-state index contributed by atoms with van der Waals surface area (Å²) < 4.78 is 18.6. The molecule has 3 nitrogen and oxygen atoms in total. The molecule has 0 aliphatic carbocycles. The normalized spacial score (nSPS) is 10.8. The number of aryl methyl sites for hydroxylation is 1. The van der Waals surface area contributed by atoms with Gasteiger partial charge >= 0.3 is 0 Å². The van der Waals surface area contributed by atoms with Crippen molar-refractivity contribution in [3.8, 4) is 0 Å². The van der Waals surface area contributed by atoms with Crippen molar-refractivity contribution >= 4 is 16.9 Å². The van der Waals surface area contributed by atoms with Gasteiger partial charge in [0.25, 0.3) is 0 Å². The molecule has 0 bridgehead atoms. The van der Waals surface area contributed by atoms with Gasteiger partial charge < -0.3 is 9.73 Å². The molecular formula is C13H14FNO2. The minimum Gasteiger partial charge on any atom is -0.460 e. The van der Waals surface area contributed by atoms with Crippen LogP contribution in [-0.2, 0) is 11.2 Å². The lowest BCUT2D eigenvalue weighted by molar-refractivity contribution is -0.120. The van der Waals surface area contributed by atoms with Crippen LogP contribution in [0.1, 0.15) is 18.2 Å². The number of nitrogens with one attached hydrogen (secondary N) is 1. The predicted octanol–water partition coefficient (Wildman–Crippen LogP) is 2.56. The van der Waals surface area contributed by atoms with Crippen LogP contribution in [0.25, 0.3) is 11.0 Å². The summed E-state index contributed by atoms with van der Waals surface area (Å²) in [6.45, 7) is 4.28. The smallest absolute Gasteiger partial charge is 0.227 e. The van der Waals surface area contributed by atoms with Crippen molar-refractivity contribution < 1.29 is 13.6 Å². The van der Waals surface area contributed by atoms with Crippen LogP contribution in [0.5, 0.6) is 0 Å². The van der Waals surface area contributed by atoms with Gasteiger partial charge in [0, 0.05) is 11.9 Å². The Kier molecular flexibility index (Phi) is 3.13. The highest BCUT2D eigenvalue weighted by molar-refractivity contribution is 5.85. The molecule has 1 N–H and O–H groups in total. The fourth-order valence-electron chi connectivity index (χ4n) is 1.82. The number of amides is 1. The van der Waals surface area contributed by atoms with E-state index in [0.29, 0.717) is 17.9 Å². The second-order valence-electron chi connectivity index (χ2n) is 3.92. The molecule has 0 aliphatic rings. The van der Waals surface area contributed by atoms with Gasteiger partial charge in [-0.2, -0.15) is 0 Å². The van der Waals surface area contributed by atoms with Crippen molar-refractivity contribution in [1.29, 1.82) is 0 Å². The topological polar surface area (TPSA) is 42.2 Å². The first-order chi connectivity index (χ1) is 8.11. The first-order valence-electron chi connectivity index (χ1n) is 5.56. The molecule has 0 atom stereocenters. The monoisotopic (exact) mass is 235 g/mol. The standard InChI is InChI=1S/C13H14FNO2/c1-3-15-13(16)7-12-8(2)10-6-9(14)4-5-11(10)17-12/h4-6H,3,7H2,1-2H3,(H,15,16). The Balaban J connectivity index is 2.35. The van der Waals surface area contributed by atoms with E-state index in [1.165, 1.54) is 12.1 Å². The molecule has 17 heavy (non-hydrogen) atoms. The number of hydrogen-bond acceptors (Lipinski definition) is 2. The van der Waals surface area contributed by atoms with Crippen molar-refractivity contribution in [1.82, 2.24) is 5.32 Å². The van der Waals surface area contributed by atoms with Crippen LogP contribution < -0.4 is 5.32 Å². The minimum absolute atomic E-state index is 0.0878. The number of carbonyl (C=O) groups is 1. The van der Waals surface area contributed by atoms with Gasteiger partial charge in [-0.3, -0.25) is 4.79 Å². The maximum Gasteiger partial charge on any atom is 0.227 e. The van der Waals surface area contributed by atoms with Crippen molar-refractivity contribution in [2.24, 2.45) is 0 Å². The fourth-order valence-corrected chi connectivity index (χ4v) is 1.82. The van der Waals surface area contributed by atoms with Crippen LogP contribution in [0.15, 0.2) is 22.6 Å². The molecule has 1 aromatic carbocycles. The van der Waals surface area contributed by atoms with Crippen molar-refractivity contribution in [2.45, 2.75) is 20.3 Å². The first kappa shape index (κ1) is 11.6. The second-order valence-corrected chi connectivity index (χ2v) is 3.92. The van der Waals surface area contributed by atoms with E-state index in [4.69, 9.17) is 4.42 Å². The number of fused-ring (bicyclic) bond motifs is 1. The van der Waals surface area contributed by atoms with Crippen LogP contribution in [0, 0.1) is 12.7 Å². The zero-order chi connectivity index (χ0) is 12.4. The van der Waals surface area contributed by atoms with Crippen molar-refractivity contribution in [2.75, 3.05) is 6.54 Å². The molecule has 0 radical (unpaired) electrons. The largest absolute Gasteiger partial charge is 0.460 e. The zero-order valence-electron chi connectivity index (χ0n) is 9.84. The lowest BCUT2D eigenvalue weighted by Crippen LogP contribution is -2.24. The van der Waals surface area contributed by atoms with Gasteiger partial charge in [0.05, 0.1) is 6.42 Å². The van der Waals surface area contributed by atoms with E-state index in [9.17, 15) is 9.18 Å². The molecule has 1 amide bonds. The van der Waals surface area contributed by atoms with Crippen LogP contribution in [0.3, 0.4) is 0 Å². The van der Waals surface area contributed by atoms with Crippen LogP contribution in [0.4, 0.5) is 4.39 Å². The Bertz CT molecular complexity index is 560. The molecule has 2 aromatic rings. The number of benzene rings is 1. The molecule has 4 heteroatoms. The lowest BCUT2D eigenvalue weighted by Gasteiger charge is -1.99. The third-order valence-corrected chi connectivity index (χ3v) is 2.69. The molecular weight excluding hydrogens is 221 g/mol. The van der Waals surface area contributed by atoms with E-state index >= 15 is 0 Å². The summed E-state index contributed by atoms with van der Waals surface area (Å²) in [6, 6.07) is 4.36. The Morgan fingerprint density at radius 3 is 2.94 bits per heavy atom. The molecule has 0 aliphatic heterocycles. The minimum atomic E-state index is -0.300. The van der Waals surface area contributed by atoms with Gasteiger partial charge in [0.1, 0.15) is 17.2 Å². The summed E-state index contributed by atoms with van der Waals surface area (Å²) >= 11 is 0. The molecule has 0 spiro atoms. The van der Waals surface area contributed by atoms with Crippen LogP contribution >= 0.6 is 0 Å². The SMILES string of the molecule is CCNC(=O)Cc1oc2ccc(F)cc2c1C. The summed E-state index contributed by atoms with van der Waals surface area (Å²) in [4.78, 5) is 11.5. The zero-order valence-corrected chi connectivity index (χ0v) is 9.84. The van der Waals surface area contributed by atoms with Gasteiger partial charge in [-0.25, -0.2) is 4.39 Å². The van der Waals surface area contributed by atoms with E-state index in [1.54, 1.807) is 6.07 Å². The van der Waals surface area contributed by atoms with Crippen LogP contribution in [0.2, 0.25) is 0 Å². The van der Waals surface area contributed by atoms with E-state index in [1.807, 2.05) is 13.8 Å². The Morgan fingerprint density at radius 1 is 1.47 bits per heavy atom. The summed E-state index contributed by atoms with van der Waals surface area (Å²) in [5.41, 5.74) is 1.44. The lowest BCUT2D eigenvalue weighted by atomic mass is 10.1. The highest BCUT2D eigenvalue weighted by atomic mass is 19.1. The highest BCUT2D eigenvalue weighted by Gasteiger charge is 2.13. The van der Waals surface area contributed by atoms with Crippen molar-refractivity contribution in [3.05, 3.63) is 35.3 Å². The number of halogens is 1.